The predicted octanol–water partition coefficient (Wildman–Crippen LogP) is 3.38. The number of aryl methyl sites for hydroxylation is 1. The summed E-state index contributed by atoms with van der Waals surface area (Å²) in [6, 6.07) is 7.15. The number of ether oxygens (including phenoxy) is 1. The number of rotatable bonds is 4. The van der Waals surface area contributed by atoms with Crippen LogP contribution in [0.4, 0.5) is 0 Å². The number of benzene rings is 1. The molecule has 2 nitrogen and oxygen atoms in total. The first kappa shape index (κ1) is 13.6. The molecular formula is C16H25NO. The third kappa shape index (κ3) is 2.93. The highest BCUT2D eigenvalue weighted by Crippen LogP contribution is 2.32. The molecule has 100 valence electrons. The van der Waals surface area contributed by atoms with Crippen LogP contribution in [0.15, 0.2) is 18.2 Å². The van der Waals surface area contributed by atoms with E-state index in [2.05, 4.69) is 44.3 Å². The largest absolute Gasteiger partial charge is 0.381 e. The highest BCUT2D eigenvalue weighted by molar-refractivity contribution is 5.35. The van der Waals surface area contributed by atoms with Crippen molar-refractivity contribution in [3.05, 3.63) is 34.9 Å². The molecular weight excluding hydrogens is 222 g/mol. The molecule has 0 saturated carbocycles. The normalized spacial score (nSPS) is 18.8. The van der Waals surface area contributed by atoms with Gasteiger partial charge < -0.3 is 10.1 Å². The number of nitrogens with one attached hydrogen (secondary N) is 1. The minimum absolute atomic E-state index is 0.485. The van der Waals surface area contributed by atoms with Gasteiger partial charge in [-0.2, -0.15) is 0 Å². The van der Waals surface area contributed by atoms with Gasteiger partial charge in [-0.3, -0.25) is 0 Å². The summed E-state index contributed by atoms with van der Waals surface area (Å²) in [6.45, 7) is 9.49. The summed E-state index contributed by atoms with van der Waals surface area (Å²) in [7, 11) is 0. The third-order valence-corrected chi connectivity index (χ3v) is 4.14. The van der Waals surface area contributed by atoms with Crippen LogP contribution in [0.25, 0.3) is 0 Å². The summed E-state index contributed by atoms with van der Waals surface area (Å²) in [5.41, 5.74) is 4.31. The van der Waals surface area contributed by atoms with Crippen LogP contribution in [0.3, 0.4) is 0 Å². The second kappa shape index (κ2) is 6.35. The van der Waals surface area contributed by atoms with Crippen LogP contribution in [0, 0.1) is 19.8 Å². The molecule has 0 spiro atoms. The third-order valence-electron chi connectivity index (χ3n) is 4.14. The van der Waals surface area contributed by atoms with Crippen LogP contribution in [-0.2, 0) is 4.74 Å². The maximum atomic E-state index is 5.49. The molecule has 1 atom stereocenters. The SMILES string of the molecule is CCNC(c1cccc(C)c1C)C1CCOCC1. The van der Waals surface area contributed by atoms with Gasteiger partial charge in [-0.05, 0) is 55.8 Å². The van der Waals surface area contributed by atoms with E-state index in [-0.39, 0.29) is 0 Å². The van der Waals surface area contributed by atoms with Crippen molar-refractivity contribution in [3.8, 4) is 0 Å². The van der Waals surface area contributed by atoms with E-state index < -0.39 is 0 Å². The van der Waals surface area contributed by atoms with E-state index in [0.29, 0.717) is 12.0 Å². The van der Waals surface area contributed by atoms with E-state index in [1.165, 1.54) is 29.5 Å². The standard InChI is InChI=1S/C16H25NO/c1-4-17-16(14-8-10-18-11-9-14)15-7-5-6-12(2)13(15)3/h5-7,14,16-17H,4,8-11H2,1-3H3. The van der Waals surface area contributed by atoms with Crippen molar-refractivity contribution in [1.82, 2.24) is 5.32 Å². The molecule has 1 unspecified atom stereocenters. The van der Waals surface area contributed by atoms with E-state index in [9.17, 15) is 0 Å². The molecule has 2 rings (SSSR count). The molecule has 1 aromatic rings. The molecule has 1 aromatic carbocycles. The topological polar surface area (TPSA) is 21.3 Å². The monoisotopic (exact) mass is 247 g/mol. The van der Waals surface area contributed by atoms with E-state index in [0.717, 1.165) is 19.8 Å². The summed E-state index contributed by atoms with van der Waals surface area (Å²) in [5.74, 6) is 0.708. The van der Waals surface area contributed by atoms with Gasteiger partial charge in [-0.15, -0.1) is 0 Å². The molecule has 1 aliphatic rings. The van der Waals surface area contributed by atoms with E-state index in [1.54, 1.807) is 0 Å². The van der Waals surface area contributed by atoms with Gasteiger partial charge >= 0.3 is 0 Å². The van der Waals surface area contributed by atoms with Crippen LogP contribution >= 0.6 is 0 Å². The maximum absolute atomic E-state index is 5.49. The fourth-order valence-electron chi connectivity index (χ4n) is 2.91. The van der Waals surface area contributed by atoms with Crippen LogP contribution in [0.2, 0.25) is 0 Å². The van der Waals surface area contributed by atoms with Gasteiger partial charge in [-0.1, -0.05) is 25.1 Å². The van der Waals surface area contributed by atoms with Gasteiger partial charge in [0.05, 0.1) is 0 Å². The van der Waals surface area contributed by atoms with Crippen LogP contribution in [-0.4, -0.2) is 19.8 Å². The number of hydrogen-bond donors (Lipinski definition) is 1. The van der Waals surface area contributed by atoms with Crippen LogP contribution in [0.5, 0.6) is 0 Å². The van der Waals surface area contributed by atoms with Crippen molar-refractivity contribution in [1.29, 1.82) is 0 Å². The number of hydrogen-bond acceptors (Lipinski definition) is 2. The molecule has 0 aliphatic carbocycles. The lowest BCUT2D eigenvalue weighted by molar-refractivity contribution is 0.0537. The Morgan fingerprint density at radius 3 is 2.67 bits per heavy atom. The lowest BCUT2D eigenvalue weighted by Gasteiger charge is -2.32. The Labute approximate surface area is 111 Å². The molecule has 2 heteroatoms. The van der Waals surface area contributed by atoms with Crippen molar-refractivity contribution < 1.29 is 4.74 Å². The fourth-order valence-corrected chi connectivity index (χ4v) is 2.91. The Bertz CT molecular complexity index is 383. The van der Waals surface area contributed by atoms with Crippen LogP contribution in [0.1, 0.15) is 42.5 Å². The van der Waals surface area contributed by atoms with Crippen molar-refractivity contribution in [2.24, 2.45) is 5.92 Å². The van der Waals surface area contributed by atoms with Gasteiger partial charge in [0.2, 0.25) is 0 Å². The highest BCUT2D eigenvalue weighted by atomic mass is 16.5. The lowest BCUT2D eigenvalue weighted by atomic mass is 9.84. The van der Waals surface area contributed by atoms with Crippen LogP contribution < -0.4 is 5.32 Å². The maximum Gasteiger partial charge on any atom is 0.0469 e. The molecule has 0 bridgehead atoms. The molecule has 1 heterocycles. The first-order valence-electron chi connectivity index (χ1n) is 7.11. The molecule has 0 aromatic heterocycles. The predicted molar refractivity (Wildman–Crippen MR) is 75.9 cm³/mol. The molecule has 18 heavy (non-hydrogen) atoms. The molecule has 1 fully saturated rings. The first-order valence-corrected chi connectivity index (χ1v) is 7.11. The summed E-state index contributed by atoms with van der Waals surface area (Å²) in [5, 5.41) is 3.68. The smallest absolute Gasteiger partial charge is 0.0469 e. The van der Waals surface area contributed by atoms with Gasteiger partial charge in [0.25, 0.3) is 0 Å². The highest BCUT2D eigenvalue weighted by Gasteiger charge is 2.25. The quantitative estimate of drug-likeness (QED) is 0.880. The molecule has 0 amide bonds. The van der Waals surface area contributed by atoms with Gasteiger partial charge in [0, 0.05) is 19.3 Å². The summed E-state index contributed by atoms with van der Waals surface area (Å²) in [4.78, 5) is 0. The fraction of sp³-hybridized carbons (Fsp3) is 0.625. The van der Waals surface area contributed by atoms with Crippen molar-refractivity contribution in [3.63, 3.8) is 0 Å². The van der Waals surface area contributed by atoms with Crippen molar-refractivity contribution >= 4 is 0 Å². The van der Waals surface area contributed by atoms with Gasteiger partial charge in [0.15, 0.2) is 0 Å². The minimum atomic E-state index is 0.485. The lowest BCUT2D eigenvalue weighted by Crippen LogP contribution is -2.32. The minimum Gasteiger partial charge on any atom is -0.381 e. The average Bonchev–Trinajstić information content (AvgIpc) is 2.41. The average molecular weight is 247 g/mol. The Hall–Kier alpha value is -0.860. The Kier molecular flexibility index (Phi) is 4.79. The second-order valence-corrected chi connectivity index (χ2v) is 5.27. The van der Waals surface area contributed by atoms with E-state index >= 15 is 0 Å². The summed E-state index contributed by atoms with van der Waals surface area (Å²) >= 11 is 0. The molecule has 1 aliphatic heterocycles. The molecule has 1 N–H and O–H groups in total. The zero-order valence-electron chi connectivity index (χ0n) is 11.8. The Morgan fingerprint density at radius 1 is 1.28 bits per heavy atom. The van der Waals surface area contributed by atoms with E-state index in [4.69, 9.17) is 4.74 Å². The Morgan fingerprint density at radius 2 is 2.00 bits per heavy atom. The van der Waals surface area contributed by atoms with Gasteiger partial charge in [0.1, 0.15) is 0 Å². The van der Waals surface area contributed by atoms with E-state index in [1.807, 2.05) is 0 Å². The Balaban J connectivity index is 2.25. The first-order chi connectivity index (χ1) is 8.74. The van der Waals surface area contributed by atoms with Gasteiger partial charge in [-0.25, -0.2) is 0 Å². The zero-order chi connectivity index (χ0) is 13.0. The zero-order valence-corrected chi connectivity index (χ0v) is 11.8. The molecule has 1 saturated heterocycles. The summed E-state index contributed by atoms with van der Waals surface area (Å²) in [6.07, 6.45) is 2.34. The summed E-state index contributed by atoms with van der Waals surface area (Å²) < 4.78 is 5.49. The second-order valence-electron chi connectivity index (χ2n) is 5.27. The molecule has 0 radical (unpaired) electrons. The van der Waals surface area contributed by atoms with Crippen molar-refractivity contribution in [2.75, 3.05) is 19.8 Å². The van der Waals surface area contributed by atoms with Crippen molar-refractivity contribution in [2.45, 2.75) is 39.7 Å².